The molecular weight excluding hydrogens is 340 g/mol. The number of nitrogens with one attached hydrogen (secondary N) is 2. The average Bonchev–Trinajstić information content (AvgIpc) is 3.13. The molecule has 1 spiro atoms. The van der Waals surface area contributed by atoms with Crippen molar-refractivity contribution in [1.82, 2.24) is 10.6 Å². The molecule has 5 heteroatoms. The van der Waals surface area contributed by atoms with Crippen LogP contribution in [0, 0.1) is 22.7 Å². The Balaban J connectivity index is 1.60. The Bertz CT molecular complexity index is 732. The fraction of sp³-hybridized carbons (Fsp3) is 0.636. The monoisotopic (exact) mass is 370 g/mol. The molecule has 0 aromatic heterocycles. The minimum absolute atomic E-state index is 0.0476. The van der Waals surface area contributed by atoms with Crippen molar-refractivity contribution in [2.45, 2.75) is 52.2 Å². The number of carbonyl (C=O) groups excluding carboxylic acids is 2. The highest BCUT2D eigenvalue weighted by molar-refractivity contribution is 5.84. The Labute approximate surface area is 161 Å². The molecule has 0 unspecified atom stereocenters. The summed E-state index contributed by atoms with van der Waals surface area (Å²) < 4.78 is 6.26. The molecule has 3 aliphatic rings. The van der Waals surface area contributed by atoms with Crippen molar-refractivity contribution >= 4 is 11.8 Å². The molecule has 27 heavy (non-hydrogen) atoms. The number of carbonyl (C=O) groups is 2. The third kappa shape index (κ3) is 2.96. The highest BCUT2D eigenvalue weighted by Crippen LogP contribution is 2.70. The predicted molar refractivity (Wildman–Crippen MR) is 103 cm³/mol. The van der Waals surface area contributed by atoms with Crippen LogP contribution in [0.5, 0.6) is 0 Å². The fourth-order valence-electron chi connectivity index (χ4n) is 6.18. The maximum atomic E-state index is 12.5. The summed E-state index contributed by atoms with van der Waals surface area (Å²) in [6, 6.07) is 10.6. The molecule has 2 saturated carbocycles. The lowest BCUT2D eigenvalue weighted by atomic mass is 9.59. The molecular formula is C22H30N2O3. The Morgan fingerprint density at radius 3 is 2.67 bits per heavy atom. The van der Waals surface area contributed by atoms with Gasteiger partial charge in [-0.05, 0) is 47.5 Å². The van der Waals surface area contributed by atoms with E-state index in [1.807, 2.05) is 6.07 Å². The van der Waals surface area contributed by atoms with Crippen LogP contribution in [0.2, 0.25) is 0 Å². The maximum Gasteiger partial charge on any atom is 0.239 e. The lowest BCUT2D eigenvalue weighted by molar-refractivity contribution is -0.137. The van der Waals surface area contributed by atoms with Crippen molar-refractivity contribution in [2.24, 2.45) is 22.7 Å². The van der Waals surface area contributed by atoms with E-state index in [2.05, 4.69) is 48.7 Å². The highest BCUT2D eigenvalue weighted by atomic mass is 16.5. The number of hydrogen-bond acceptors (Lipinski definition) is 3. The van der Waals surface area contributed by atoms with Crippen molar-refractivity contribution in [2.75, 3.05) is 13.2 Å². The van der Waals surface area contributed by atoms with E-state index in [4.69, 9.17) is 4.74 Å². The average molecular weight is 370 g/mol. The molecule has 1 aliphatic heterocycles. The van der Waals surface area contributed by atoms with Gasteiger partial charge in [-0.25, -0.2) is 0 Å². The Hall–Kier alpha value is -1.88. The van der Waals surface area contributed by atoms with E-state index in [1.54, 1.807) is 0 Å². The van der Waals surface area contributed by atoms with Crippen LogP contribution in [0.4, 0.5) is 0 Å². The summed E-state index contributed by atoms with van der Waals surface area (Å²) >= 11 is 0. The van der Waals surface area contributed by atoms with Crippen LogP contribution in [0.1, 0.15) is 51.7 Å². The molecule has 4 rings (SSSR count). The van der Waals surface area contributed by atoms with E-state index in [0.29, 0.717) is 11.8 Å². The molecule has 5 nitrogen and oxygen atoms in total. The van der Waals surface area contributed by atoms with Crippen molar-refractivity contribution in [3.63, 3.8) is 0 Å². The molecule has 5 atom stereocenters. The number of ether oxygens (including phenoxy) is 1. The van der Waals surface area contributed by atoms with Crippen LogP contribution in [0.15, 0.2) is 30.3 Å². The van der Waals surface area contributed by atoms with Crippen molar-refractivity contribution in [3.8, 4) is 0 Å². The summed E-state index contributed by atoms with van der Waals surface area (Å²) in [6.07, 6.45) is 3.41. The maximum absolute atomic E-state index is 12.5. The van der Waals surface area contributed by atoms with Crippen LogP contribution in [0.25, 0.3) is 0 Å². The van der Waals surface area contributed by atoms with Crippen molar-refractivity contribution in [1.29, 1.82) is 0 Å². The Morgan fingerprint density at radius 1 is 1.22 bits per heavy atom. The lowest BCUT2D eigenvalue weighted by Gasteiger charge is -2.53. The Morgan fingerprint density at radius 2 is 1.96 bits per heavy atom. The first-order valence-corrected chi connectivity index (χ1v) is 10.0. The summed E-state index contributed by atoms with van der Waals surface area (Å²) in [4.78, 5) is 23.7. The molecule has 1 heterocycles. The van der Waals surface area contributed by atoms with Gasteiger partial charge < -0.3 is 15.4 Å². The molecule has 2 aliphatic carbocycles. The molecule has 2 N–H and O–H groups in total. The van der Waals surface area contributed by atoms with E-state index < -0.39 is 0 Å². The van der Waals surface area contributed by atoms with Gasteiger partial charge in [0, 0.05) is 19.6 Å². The predicted octanol–water partition coefficient (Wildman–Crippen LogP) is 2.82. The quantitative estimate of drug-likeness (QED) is 0.856. The molecule has 1 saturated heterocycles. The van der Waals surface area contributed by atoms with Gasteiger partial charge in [0.05, 0.1) is 12.6 Å². The van der Waals surface area contributed by atoms with Gasteiger partial charge in [0.1, 0.15) is 0 Å². The highest BCUT2D eigenvalue weighted by Gasteiger charge is 2.68. The second-order valence-corrected chi connectivity index (χ2v) is 9.16. The fourth-order valence-corrected chi connectivity index (χ4v) is 6.18. The van der Waals surface area contributed by atoms with Gasteiger partial charge in [0.25, 0.3) is 0 Å². The summed E-state index contributed by atoms with van der Waals surface area (Å²) in [7, 11) is 0. The van der Waals surface area contributed by atoms with Gasteiger partial charge in [0.15, 0.2) is 0 Å². The molecule has 1 aromatic carbocycles. The molecule has 0 radical (unpaired) electrons. The van der Waals surface area contributed by atoms with Gasteiger partial charge in [-0.15, -0.1) is 0 Å². The summed E-state index contributed by atoms with van der Waals surface area (Å²) in [5.41, 5.74) is 1.38. The van der Waals surface area contributed by atoms with Gasteiger partial charge in [-0.1, -0.05) is 44.2 Å². The molecule has 1 aromatic rings. The van der Waals surface area contributed by atoms with Gasteiger partial charge in [-0.2, -0.15) is 0 Å². The van der Waals surface area contributed by atoms with Crippen LogP contribution < -0.4 is 10.6 Å². The smallest absolute Gasteiger partial charge is 0.239 e. The van der Waals surface area contributed by atoms with Gasteiger partial charge in [0.2, 0.25) is 11.8 Å². The minimum Gasteiger partial charge on any atom is -0.373 e. The van der Waals surface area contributed by atoms with Crippen molar-refractivity contribution in [3.05, 3.63) is 35.9 Å². The van der Waals surface area contributed by atoms with E-state index >= 15 is 0 Å². The standard InChI is InChI=1S/C22H30N2O3/c1-14(25)23-13-18(26)24-20-21(2,3)16-11-17-19(15-7-5-4-6-8-15)27-10-9-22(17,20)12-16/h4-8,16-17,19-20H,9-13H2,1-3H3,(H,23,25)(H,24,26)/t16-,17-,19-,20+,22-/m1/s1. The number of amides is 2. The van der Waals surface area contributed by atoms with Crippen LogP contribution in [-0.2, 0) is 14.3 Å². The third-order valence-electron chi connectivity index (χ3n) is 7.44. The molecule has 3 fully saturated rings. The van der Waals surface area contributed by atoms with Gasteiger partial charge >= 0.3 is 0 Å². The SMILES string of the molecule is CC(=O)NCC(=O)N[C@H]1C(C)(C)[C@@H]2C[C@@H]3[C@@H](c4ccccc4)OCC[C@@]31C2. The van der Waals surface area contributed by atoms with Crippen molar-refractivity contribution < 1.29 is 14.3 Å². The van der Waals surface area contributed by atoms with E-state index in [0.717, 1.165) is 25.9 Å². The first-order valence-electron chi connectivity index (χ1n) is 10.0. The zero-order valence-corrected chi connectivity index (χ0v) is 16.5. The first-order chi connectivity index (χ1) is 12.8. The van der Waals surface area contributed by atoms with Crippen LogP contribution in [-0.4, -0.2) is 31.0 Å². The zero-order valence-electron chi connectivity index (χ0n) is 16.5. The Kier molecular flexibility index (Phi) is 4.53. The normalized spacial score (nSPS) is 36.1. The topological polar surface area (TPSA) is 67.4 Å². The summed E-state index contributed by atoms with van der Waals surface area (Å²) in [5.74, 6) is 0.745. The van der Waals surface area contributed by atoms with Crippen LogP contribution >= 0.6 is 0 Å². The van der Waals surface area contributed by atoms with Crippen LogP contribution in [0.3, 0.4) is 0 Å². The number of fused-ring (bicyclic) bond motifs is 1. The van der Waals surface area contributed by atoms with E-state index in [-0.39, 0.29) is 41.3 Å². The first kappa shape index (κ1) is 18.5. The molecule has 2 bridgehead atoms. The largest absolute Gasteiger partial charge is 0.373 e. The zero-order chi connectivity index (χ0) is 19.2. The minimum atomic E-state index is -0.177. The number of hydrogen-bond donors (Lipinski definition) is 2. The number of benzene rings is 1. The van der Waals surface area contributed by atoms with E-state index in [9.17, 15) is 9.59 Å². The third-order valence-corrected chi connectivity index (χ3v) is 7.44. The number of rotatable bonds is 4. The molecule has 146 valence electrons. The second-order valence-electron chi connectivity index (χ2n) is 9.16. The van der Waals surface area contributed by atoms with Gasteiger partial charge in [-0.3, -0.25) is 9.59 Å². The van der Waals surface area contributed by atoms with E-state index in [1.165, 1.54) is 12.5 Å². The summed E-state index contributed by atoms with van der Waals surface area (Å²) in [5, 5.41) is 5.93. The second kappa shape index (κ2) is 6.62. The summed E-state index contributed by atoms with van der Waals surface area (Å²) in [6.45, 7) is 6.80. The molecule has 2 amide bonds. The lowest BCUT2D eigenvalue weighted by Crippen LogP contribution is -2.59.